The maximum atomic E-state index is 12.2. The zero-order chi connectivity index (χ0) is 18.4. The summed E-state index contributed by atoms with van der Waals surface area (Å²) in [5.41, 5.74) is 3.00. The average molecular weight is 366 g/mol. The molecule has 0 aliphatic rings. The first-order valence-electron chi connectivity index (χ1n) is 8.13. The number of thiazole rings is 1. The Labute approximate surface area is 155 Å². The fourth-order valence-electron chi connectivity index (χ4n) is 2.37. The van der Waals surface area contributed by atoms with E-state index in [1.54, 1.807) is 30.5 Å². The largest absolute Gasteiger partial charge is 0.326 e. The highest BCUT2D eigenvalue weighted by atomic mass is 32.1. The summed E-state index contributed by atoms with van der Waals surface area (Å²) < 4.78 is 0. The van der Waals surface area contributed by atoms with Crippen molar-refractivity contribution in [1.29, 1.82) is 0 Å². The van der Waals surface area contributed by atoms with Crippen LogP contribution in [0.1, 0.15) is 19.0 Å². The first-order valence-corrected chi connectivity index (χ1v) is 9.01. The third-order valence-electron chi connectivity index (χ3n) is 3.51. The summed E-state index contributed by atoms with van der Waals surface area (Å²) in [5, 5.41) is 8.33. The van der Waals surface area contributed by atoms with Crippen LogP contribution in [0.5, 0.6) is 0 Å². The lowest BCUT2D eigenvalue weighted by atomic mass is 10.2. The predicted molar refractivity (Wildman–Crippen MR) is 103 cm³/mol. The molecule has 6 nitrogen and oxygen atoms in total. The van der Waals surface area contributed by atoms with Crippen LogP contribution in [0.25, 0.3) is 10.7 Å². The number of carbonyl (C=O) groups excluding carboxylic acids is 2. The van der Waals surface area contributed by atoms with Gasteiger partial charge in [0.1, 0.15) is 5.01 Å². The fraction of sp³-hybridized carbons (Fsp3) is 0.158. The third kappa shape index (κ3) is 4.97. The van der Waals surface area contributed by atoms with Crippen LogP contribution in [0.15, 0.2) is 54.0 Å². The molecule has 1 aromatic carbocycles. The van der Waals surface area contributed by atoms with E-state index in [1.807, 2.05) is 23.6 Å². The molecule has 0 saturated heterocycles. The maximum absolute atomic E-state index is 12.2. The molecule has 0 aliphatic heterocycles. The van der Waals surface area contributed by atoms with Crippen LogP contribution in [0.2, 0.25) is 0 Å². The van der Waals surface area contributed by atoms with Crippen molar-refractivity contribution in [1.82, 2.24) is 9.97 Å². The van der Waals surface area contributed by atoms with E-state index in [-0.39, 0.29) is 11.8 Å². The Morgan fingerprint density at radius 1 is 1.08 bits per heavy atom. The second-order valence-corrected chi connectivity index (χ2v) is 6.53. The number of nitrogens with zero attached hydrogens (tertiary/aromatic N) is 2. The normalized spacial score (nSPS) is 10.3. The van der Waals surface area contributed by atoms with Gasteiger partial charge in [0.15, 0.2) is 0 Å². The minimum absolute atomic E-state index is 0.0997. The van der Waals surface area contributed by atoms with E-state index in [0.29, 0.717) is 24.2 Å². The highest BCUT2D eigenvalue weighted by Crippen LogP contribution is 2.22. The van der Waals surface area contributed by atoms with Gasteiger partial charge in [-0.1, -0.05) is 12.1 Å². The Bertz CT molecular complexity index is 909. The third-order valence-corrected chi connectivity index (χ3v) is 4.42. The van der Waals surface area contributed by atoms with Gasteiger partial charge in [0.05, 0.1) is 11.4 Å². The van der Waals surface area contributed by atoms with Crippen LogP contribution in [0, 0.1) is 0 Å². The minimum Gasteiger partial charge on any atom is -0.326 e. The van der Waals surface area contributed by atoms with E-state index in [9.17, 15) is 9.59 Å². The van der Waals surface area contributed by atoms with E-state index in [4.69, 9.17) is 0 Å². The zero-order valence-electron chi connectivity index (χ0n) is 14.2. The molecule has 2 amide bonds. The molecule has 0 aliphatic carbocycles. The summed E-state index contributed by atoms with van der Waals surface area (Å²) in [4.78, 5) is 32.1. The van der Waals surface area contributed by atoms with Crippen LogP contribution in [-0.2, 0) is 16.0 Å². The van der Waals surface area contributed by atoms with Crippen LogP contribution >= 0.6 is 11.3 Å². The summed E-state index contributed by atoms with van der Waals surface area (Å²) in [5.74, 6) is -0.252. The Balaban J connectivity index is 1.55. The van der Waals surface area contributed by atoms with Crippen LogP contribution in [0.4, 0.5) is 11.4 Å². The summed E-state index contributed by atoms with van der Waals surface area (Å²) >= 11 is 1.52. The maximum Gasteiger partial charge on any atom is 0.224 e. The van der Waals surface area contributed by atoms with Gasteiger partial charge < -0.3 is 10.6 Å². The molecule has 2 heterocycles. The molecule has 0 fully saturated rings. The molecule has 26 heavy (non-hydrogen) atoms. The number of nitrogens with one attached hydrogen (secondary N) is 2. The monoisotopic (exact) mass is 366 g/mol. The van der Waals surface area contributed by atoms with Gasteiger partial charge >= 0.3 is 0 Å². The highest BCUT2D eigenvalue weighted by Gasteiger charge is 2.09. The van der Waals surface area contributed by atoms with Crippen molar-refractivity contribution in [3.8, 4) is 10.7 Å². The van der Waals surface area contributed by atoms with E-state index in [0.717, 1.165) is 16.4 Å². The smallest absolute Gasteiger partial charge is 0.224 e. The van der Waals surface area contributed by atoms with Gasteiger partial charge in [-0.15, -0.1) is 11.3 Å². The molecule has 0 unspecified atom stereocenters. The number of hydrogen-bond acceptors (Lipinski definition) is 5. The van der Waals surface area contributed by atoms with Gasteiger partial charge in [0, 0.05) is 36.3 Å². The Hall–Kier alpha value is -3.06. The standard InChI is InChI=1S/C19H18N4O2S/c1-13(24)21-14-5-4-6-15(11-14)22-18(25)9-8-16-12-26-19(23-16)17-7-2-3-10-20-17/h2-7,10-12H,8-9H2,1H3,(H,21,24)(H,22,25). The second-order valence-electron chi connectivity index (χ2n) is 5.67. The lowest BCUT2D eigenvalue weighted by molar-refractivity contribution is -0.116. The van der Waals surface area contributed by atoms with E-state index < -0.39 is 0 Å². The predicted octanol–water partition coefficient (Wildman–Crippen LogP) is 3.73. The van der Waals surface area contributed by atoms with Crippen molar-refractivity contribution in [2.45, 2.75) is 19.8 Å². The van der Waals surface area contributed by atoms with Gasteiger partial charge in [-0.05, 0) is 36.8 Å². The summed E-state index contributed by atoms with van der Waals surface area (Å²) in [6.45, 7) is 1.44. The first kappa shape index (κ1) is 17.8. The van der Waals surface area contributed by atoms with E-state index in [2.05, 4.69) is 20.6 Å². The van der Waals surface area contributed by atoms with Crippen LogP contribution < -0.4 is 10.6 Å². The number of carbonyl (C=O) groups is 2. The lowest BCUT2D eigenvalue weighted by Crippen LogP contribution is -2.13. The Kier molecular flexibility index (Phi) is 5.70. The van der Waals surface area contributed by atoms with Gasteiger partial charge in [0.25, 0.3) is 0 Å². The Morgan fingerprint density at radius 2 is 1.88 bits per heavy atom. The number of aryl methyl sites for hydroxylation is 1. The fourth-order valence-corrected chi connectivity index (χ4v) is 3.20. The molecule has 7 heteroatoms. The number of aromatic nitrogens is 2. The van der Waals surface area contributed by atoms with E-state index in [1.165, 1.54) is 18.3 Å². The van der Waals surface area contributed by atoms with Gasteiger partial charge in [-0.3, -0.25) is 14.6 Å². The van der Waals surface area contributed by atoms with Crippen molar-refractivity contribution >= 4 is 34.5 Å². The molecule has 0 bridgehead atoms. The molecule has 3 aromatic rings. The molecule has 0 spiro atoms. The van der Waals surface area contributed by atoms with Crippen molar-refractivity contribution in [2.24, 2.45) is 0 Å². The van der Waals surface area contributed by atoms with Crippen LogP contribution in [-0.4, -0.2) is 21.8 Å². The van der Waals surface area contributed by atoms with Gasteiger partial charge in [0.2, 0.25) is 11.8 Å². The summed E-state index contributed by atoms with van der Waals surface area (Å²) in [6, 6.07) is 12.8. The average Bonchev–Trinajstić information content (AvgIpc) is 3.09. The molecule has 3 rings (SSSR count). The number of amides is 2. The summed E-state index contributed by atoms with van der Waals surface area (Å²) in [7, 11) is 0. The highest BCUT2D eigenvalue weighted by molar-refractivity contribution is 7.13. The van der Waals surface area contributed by atoms with E-state index >= 15 is 0 Å². The molecular weight excluding hydrogens is 348 g/mol. The van der Waals surface area contributed by atoms with Gasteiger partial charge in [-0.2, -0.15) is 0 Å². The first-order chi connectivity index (χ1) is 12.6. The number of anilines is 2. The topological polar surface area (TPSA) is 84.0 Å². The van der Waals surface area contributed by atoms with Crippen molar-refractivity contribution in [2.75, 3.05) is 10.6 Å². The number of benzene rings is 1. The molecule has 0 radical (unpaired) electrons. The Morgan fingerprint density at radius 3 is 2.62 bits per heavy atom. The number of hydrogen-bond donors (Lipinski definition) is 2. The summed E-state index contributed by atoms with van der Waals surface area (Å²) in [6.07, 6.45) is 2.62. The van der Waals surface area contributed by atoms with Crippen LogP contribution in [0.3, 0.4) is 0 Å². The minimum atomic E-state index is -0.152. The van der Waals surface area contributed by atoms with Gasteiger partial charge in [-0.25, -0.2) is 4.98 Å². The molecular formula is C19H18N4O2S. The van der Waals surface area contributed by atoms with Crippen molar-refractivity contribution in [3.05, 3.63) is 59.7 Å². The second kappa shape index (κ2) is 8.35. The molecule has 0 atom stereocenters. The number of pyridine rings is 1. The lowest BCUT2D eigenvalue weighted by Gasteiger charge is -2.07. The SMILES string of the molecule is CC(=O)Nc1cccc(NC(=O)CCc2csc(-c3ccccn3)n2)c1. The molecule has 0 saturated carbocycles. The van der Waals surface area contributed by atoms with Crippen molar-refractivity contribution < 1.29 is 9.59 Å². The zero-order valence-corrected chi connectivity index (χ0v) is 15.0. The molecule has 2 N–H and O–H groups in total. The molecule has 2 aromatic heterocycles. The quantitative estimate of drug-likeness (QED) is 0.696. The van der Waals surface area contributed by atoms with Crippen molar-refractivity contribution in [3.63, 3.8) is 0 Å². The molecule has 132 valence electrons. The number of rotatable bonds is 6.